The number of rotatable bonds is 5. The maximum atomic E-state index is 11.8. The zero-order chi connectivity index (χ0) is 12.2. The Morgan fingerprint density at radius 1 is 1.38 bits per heavy atom. The van der Waals surface area contributed by atoms with Gasteiger partial charge in [0.2, 0.25) is 5.24 Å². The quantitative estimate of drug-likeness (QED) is 0.740. The third kappa shape index (κ3) is 2.28. The molecule has 16 heavy (non-hydrogen) atoms. The van der Waals surface area contributed by atoms with E-state index in [4.69, 9.17) is 16.3 Å². The van der Waals surface area contributed by atoms with Crippen molar-refractivity contribution >= 4 is 16.8 Å². The molecule has 1 aromatic carbocycles. The van der Waals surface area contributed by atoms with E-state index in [2.05, 4.69) is 0 Å². The fourth-order valence-corrected chi connectivity index (χ4v) is 2.33. The first-order valence-corrected chi connectivity index (χ1v) is 5.68. The average Bonchev–Trinajstić information content (AvgIpc) is 2.26. The number of benzene rings is 1. The molecule has 1 atom stereocenters. The summed E-state index contributed by atoms with van der Waals surface area (Å²) in [5, 5.41) is -0.365. The summed E-state index contributed by atoms with van der Waals surface area (Å²) in [5.41, 5.74) is 0.157. The van der Waals surface area contributed by atoms with Gasteiger partial charge in [-0.05, 0) is 23.1 Å². The number of methoxy groups -OCH3 is 1. The third-order valence-corrected chi connectivity index (χ3v) is 3.33. The molecular weight excluding hydrogens is 224 g/mol. The van der Waals surface area contributed by atoms with Gasteiger partial charge in [0.1, 0.15) is 0 Å². The maximum absolute atomic E-state index is 11.8. The average molecular weight is 241 g/mol. The lowest BCUT2D eigenvalue weighted by molar-refractivity contribution is -0.120. The van der Waals surface area contributed by atoms with E-state index in [9.17, 15) is 4.79 Å². The monoisotopic (exact) mass is 240 g/mol. The van der Waals surface area contributed by atoms with E-state index >= 15 is 0 Å². The van der Waals surface area contributed by atoms with Crippen LogP contribution < -0.4 is 0 Å². The van der Waals surface area contributed by atoms with Crippen molar-refractivity contribution in [2.45, 2.75) is 19.3 Å². The summed E-state index contributed by atoms with van der Waals surface area (Å²) in [6.45, 7) is 4.26. The van der Waals surface area contributed by atoms with Gasteiger partial charge in [-0.2, -0.15) is 0 Å². The van der Waals surface area contributed by atoms with Crippen LogP contribution in [0.5, 0.6) is 0 Å². The van der Waals surface area contributed by atoms with Gasteiger partial charge in [0.05, 0.1) is 12.0 Å². The Hall–Kier alpha value is -0.860. The van der Waals surface area contributed by atoms with E-state index in [0.717, 1.165) is 5.56 Å². The first-order chi connectivity index (χ1) is 7.55. The fourth-order valence-electron chi connectivity index (χ4n) is 1.94. The number of hydrogen-bond acceptors (Lipinski definition) is 2. The van der Waals surface area contributed by atoms with Crippen LogP contribution in [0.15, 0.2) is 30.3 Å². The molecule has 0 bridgehead atoms. The van der Waals surface area contributed by atoms with Crippen LogP contribution in [0.2, 0.25) is 0 Å². The van der Waals surface area contributed by atoms with Crippen molar-refractivity contribution < 1.29 is 9.53 Å². The Morgan fingerprint density at radius 2 is 1.94 bits per heavy atom. The third-order valence-electron chi connectivity index (χ3n) is 3.00. The minimum atomic E-state index is -0.752. The second kappa shape index (κ2) is 5.46. The highest BCUT2D eigenvalue weighted by molar-refractivity contribution is 6.65. The van der Waals surface area contributed by atoms with Crippen molar-refractivity contribution in [2.75, 3.05) is 13.7 Å². The molecule has 0 saturated carbocycles. The zero-order valence-corrected chi connectivity index (χ0v) is 10.6. The molecule has 1 unspecified atom stereocenters. The Morgan fingerprint density at radius 3 is 2.31 bits per heavy atom. The van der Waals surface area contributed by atoms with Gasteiger partial charge in [0, 0.05) is 7.11 Å². The highest BCUT2D eigenvalue weighted by Gasteiger charge is 2.42. The minimum absolute atomic E-state index is 0.0832. The second-order valence-electron chi connectivity index (χ2n) is 4.20. The molecule has 0 aliphatic carbocycles. The Bertz CT molecular complexity index is 348. The summed E-state index contributed by atoms with van der Waals surface area (Å²) < 4.78 is 5.18. The maximum Gasteiger partial charge on any atom is 0.234 e. The standard InChI is InChI=1S/C13H17ClO2/c1-10(2)13(9-16-3,12(14)15)11-7-5-4-6-8-11/h4-8,10H,9H2,1-3H3. The van der Waals surface area contributed by atoms with Gasteiger partial charge in [-0.3, -0.25) is 4.79 Å². The molecule has 0 spiro atoms. The van der Waals surface area contributed by atoms with Crippen molar-refractivity contribution in [3.8, 4) is 0 Å². The highest BCUT2D eigenvalue weighted by Crippen LogP contribution is 2.35. The normalized spacial score (nSPS) is 14.8. The predicted octanol–water partition coefficient (Wildman–Crippen LogP) is 2.99. The summed E-state index contributed by atoms with van der Waals surface area (Å²) in [4.78, 5) is 11.8. The van der Waals surface area contributed by atoms with Crippen LogP contribution in [0.1, 0.15) is 19.4 Å². The number of hydrogen-bond donors (Lipinski definition) is 0. The minimum Gasteiger partial charge on any atom is -0.383 e. The molecule has 0 amide bonds. The summed E-state index contributed by atoms with van der Waals surface area (Å²) in [7, 11) is 1.58. The predicted molar refractivity (Wildman–Crippen MR) is 65.7 cm³/mol. The highest BCUT2D eigenvalue weighted by atomic mass is 35.5. The summed E-state index contributed by atoms with van der Waals surface area (Å²) in [6.07, 6.45) is 0. The first-order valence-electron chi connectivity index (χ1n) is 5.30. The number of ether oxygens (including phenoxy) is 1. The number of carbonyl (C=O) groups excluding carboxylic acids is 1. The van der Waals surface area contributed by atoms with Crippen LogP contribution in [-0.4, -0.2) is 19.0 Å². The molecule has 1 aromatic rings. The van der Waals surface area contributed by atoms with Crippen LogP contribution in [0.3, 0.4) is 0 Å². The van der Waals surface area contributed by atoms with Gasteiger partial charge in [-0.25, -0.2) is 0 Å². The smallest absolute Gasteiger partial charge is 0.234 e. The molecule has 0 aromatic heterocycles. The van der Waals surface area contributed by atoms with E-state index in [1.165, 1.54) is 0 Å². The molecule has 0 aliphatic rings. The molecule has 0 aliphatic heterocycles. The Labute approximate surface area is 102 Å². The topological polar surface area (TPSA) is 26.3 Å². The van der Waals surface area contributed by atoms with Crippen molar-refractivity contribution in [2.24, 2.45) is 5.92 Å². The van der Waals surface area contributed by atoms with Gasteiger partial charge in [-0.1, -0.05) is 44.2 Å². The lowest BCUT2D eigenvalue weighted by Gasteiger charge is -2.33. The summed E-state index contributed by atoms with van der Waals surface area (Å²) in [5.74, 6) is 0.0832. The molecule has 1 rings (SSSR count). The van der Waals surface area contributed by atoms with Crippen LogP contribution in [-0.2, 0) is 14.9 Å². The van der Waals surface area contributed by atoms with Crippen molar-refractivity contribution in [1.29, 1.82) is 0 Å². The van der Waals surface area contributed by atoms with E-state index in [1.807, 2.05) is 44.2 Å². The van der Waals surface area contributed by atoms with Crippen LogP contribution in [0.25, 0.3) is 0 Å². The fraction of sp³-hybridized carbons (Fsp3) is 0.462. The zero-order valence-electron chi connectivity index (χ0n) is 9.87. The first kappa shape index (κ1) is 13.2. The molecule has 2 nitrogen and oxygen atoms in total. The van der Waals surface area contributed by atoms with Crippen molar-refractivity contribution in [3.05, 3.63) is 35.9 Å². The van der Waals surface area contributed by atoms with Gasteiger partial charge in [-0.15, -0.1) is 0 Å². The van der Waals surface area contributed by atoms with Crippen molar-refractivity contribution in [3.63, 3.8) is 0 Å². The molecule has 0 saturated heterocycles. The lowest BCUT2D eigenvalue weighted by atomic mass is 9.73. The van der Waals surface area contributed by atoms with E-state index in [1.54, 1.807) is 7.11 Å². The van der Waals surface area contributed by atoms with Crippen LogP contribution >= 0.6 is 11.6 Å². The van der Waals surface area contributed by atoms with Gasteiger partial charge < -0.3 is 4.74 Å². The number of carbonyl (C=O) groups is 1. The van der Waals surface area contributed by atoms with E-state index < -0.39 is 5.41 Å². The molecule has 0 N–H and O–H groups in total. The molecule has 0 heterocycles. The van der Waals surface area contributed by atoms with E-state index in [-0.39, 0.29) is 11.2 Å². The lowest BCUT2D eigenvalue weighted by Crippen LogP contribution is -2.42. The summed E-state index contributed by atoms with van der Waals surface area (Å²) in [6, 6.07) is 9.56. The Kier molecular flexibility index (Phi) is 4.51. The van der Waals surface area contributed by atoms with E-state index in [0.29, 0.717) is 6.61 Å². The largest absolute Gasteiger partial charge is 0.383 e. The SMILES string of the molecule is COCC(C(=O)Cl)(c1ccccc1)C(C)C. The molecule has 88 valence electrons. The number of halogens is 1. The molecule has 3 heteroatoms. The molecule has 0 radical (unpaired) electrons. The summed E-state index contributed by atoms with van der Waals surface area (Å²) >= 11 is 5.79. The van der Waals surface area contributed by atoms with Gasteiger partial charge >= 0.3 is 0 Å². The van der Waals surface area contributed by atoms with Crippen LogP contribution in [0, 0.1) is 5.92 Å². The molecule has 0 fully saturated rings. The van der Waals surface area contributed by atoms with Gasteiger partial charge in [0.15, 0.2) is 0 Å². The van der Waals surface area contributed by atoms with Crippen LogP contribution in [0.4, 0.5) is 0 Å². The molecular formula is C13H17ClO2. The van der Waals surface area contributed by atoms with Gasteiger partial charge in [0.25, 0.3) is 0 Å². The second-order valence-corrected chi connectivity index (χ2v) is 4.54. The van der Waals surface area contributed by atoms with Crippen molar-refractivity contribution in [1.82, 2.24) is 0 Å². The Balaban J connectivity index is 3.27.